The SMILES string of the molecule is Cc1cscc1C(=O)N1Cc2ccccc2CC1C(=O)O. The van der Waals surface area contributed by atoms with Crippen LogP contribution in [0.5, 0.6) is 0 Å². The Morgan fingerprint density at radius 1 is 1.24 bits per heavy atom. The lowest BCUT2D eigenvalue weighted by Gasteiger charge is -2.34. The molecule has 0 fully saturated rings. The van der Waals surface area contributed by atoms with E-state index in [2.05, 4.69) is 0 Å². The van der Waals surface area contributed by atoms with Crippen molar-refractivity contribution in [3.8, 4) is 0 Å². The van der Waals surface area contributed by atoms with Crippen LogP contribution in [0.15, 0.2) is 35.0 Å². The number of fused-ring (bicyclic) bond motifs is 1. The van der Waals surface area contributed by atoms with Gasteiger partial charge in [0.2, 0.25) is 0 Å². The first-order valence-corrected chi connectivity index (χ1v) is 7.65. The molecule has 0 aliphatic carbocycles. The topological polar surface area (TPSA) is 57.6 Å². The molecule has 1 aliphatic heterocycles. The number of hydrogen-bond acceptors (Lipinski definition) is 3. The maximum atomic E-state index is 12.7. The molecular formula is C16H15NO3S. The summed E-state index contributed by atoms with van der Waals surface area (Å²) in [5, 5.41) is 13.2. The van der Waals surface area contributed by atoms with Crippen LogP contribution in [0.25, 0.3) is 0 Å². The van der Waals surface area contributed by atoms with Gasteiger partial charge in [0.05, 0.1) is 5.56 Å². The van der Waals surface area contributed by atoms with Crippen molar-refractivity contribution in [1.82, 2.24) is 4.90 Å². The van der Waals surface area contributed by atoms with Crippen molar-refractivity contribution in [2.75, 3.05) is 0 Å². The van der Waals surface area contributed by atoms with Gasteiger partial charge < -0.3 is 10.0 Å². The number of thiophene rings is 1. The Hall–Kier alpha value is -2.14. The van der Waals surface area contributed by atoms with Gasteiger partial charge in [-0.2, -0.15) is 11.3 Å². The van der Waals surface area contributed by atoms with Gasteiger partial charge in [-0.3, -0.25) is 4.79 Å². The number of rotatable bonds is 2. The van der Waals surface area contributed by atoms with Gasteiger partial charge in [-0.15, -0.1) is 0 Å². The second-order valence-electron chi connectivity index (χ2n) is 5.23. The van der Waals surface area contributed by atoms with Gasteiger partial charge in [0.15, 0.2) is 0 Å². The van der Waals surface area contributed by atoms with E-state index < -0.39 is 12.0 Å². The van der Waals surface area contributed by atoms with Crippen LogP contribution in [-0.4, -0.2) is 27.9 Å². The molecule has 0 saturated heterocycles. The minimum Gasteiger partial charge on any atom is -0.480 e. The number of nitrogens with zero attached hydrogens (tertiary/aromatic N) is 1. The molecular weight excluding hydrogens is 286 g/mol. The zero-order valence-corrected chi connectivity index (χ0v) is 12.4. The summed E-state index contributed by atoms with van der Waals surface area (Å²) in [4.78, 5) is 25.7. The summed E-state index contributed by atoms with van der Waals surface area (Å²) in [6.07, 6.45) is 0.362. The van der Waals surface area contributed by atoms with E-state index in [0.717, 1.165) is 16.7 Å². The molecule has 1 atom stereocenters. The first-order valence-electron chi connectivity index (χ1n) is 6.71. The molecule has 3 rings (SSSR count). The minimum absolute atomic E-state index is 0.198. The van der Waals surface area contributed by atoms with Crippen LogP contribution in [0.4, 0.5) is 0 Å². The number of carbonyl (C=O) groups excluding carboxylic acids is 1. The van der Waals surface area contributed by atoms with E-state index in [0.29, 0.717) is 18.5 Å². The summed E-state index contributed by atoms with van der Waals surface area (Å²) in [6.45, 7) is 2.22. The molecule has 0 bridgehead atoms. The van der Waals surface area contributed by atoms with Crippen molar-refractivity contribution in [1.29, 1.82) is 0 Å². The molecule has 1 aromatic heterocycles. The van der Waals surface area contributed by atoms with Crippen LogP contribution in [0.1, 0.15) is 27.0 Å². The van der Waals surface area contributed by atoms with Crippen LogP contribution >= 0.6 is 11.3 Å². The van der Waals surface area contributed by atoms with E-state index in [9.17, 15) is 14.7 Å². The highest BCUT2D eigenvalue weighted by Crippen LogP contribution is 2.26. The second-order valence-corrected chi connectivity index (χ2v) is 5.97. The third-order valence-corrected chi connectivity index (χ3v) is 4.74. The Labute approximate surface area is 126 Å². The molecule has 1 aliphatic rings. The molecule has 0 spiro atoms. The fraction of sp³-hybridized carbons (Fsp3) is 0.250. The van der Waals surface area contributed by atoms with Crippen LogP contribution in [0.2, 0.25) is 0 Å². The highest BCUT2D eigenvalue weighted by Gasteiger charge is 2.35. The number of benzene rings is 1. The van der Waals surface area contributed by atoms with Gasteiger partial charge in [0.1, 0.15) is 6.04 Å². The van der Waals surface area contributed by atoms with Gasteiger partial charge in [-0.05, 0) is 29.0 Å². The number of carbonyl (C=O) groups is 2. The minimum atomic E-state index is -0.953. The van der Waals surface area contributed by atoms with Gasteiger partial charge in [-0.1, -0.05) is 24.3 Å². The van der Waals surface area contributed by atoms with Crippen molar-refractivity contribution >= 4 is 23.2 Å². The molecule has 1 unspecified atom stereocenters. The van der Waals surface area contributed by atoms with Gasteiger partial charge >= 0.3 is 5.97 Å². The van der Waals surface area contributed by atoms with Crippen LogP contribution in [0.3, 0.4) is 0 Å². The van der Waals surface area contributed by atoms with Crippen LogP contribution < -0.4 is 0 Å². The maximum Gasteiger partial charge on any atom is 0.326 e. The third-order valence-electron chi connectivity index (χ3n) is 3.88. The molecule has 1 amide bonds. The molecule has 4 nitrogen and oxygen atoms in total. The lowest BCUT2D eigenvalue weighted by atomic mass is 9.93. The Kier molecular flexibility index (Phi) is 3.51. The highest BCUT2D eigenvalue weighted by molar-refractivity contribution is 7.08. The predicted molar refractivity (Wildman–Crippen MR) is 80.5 cm³/mol. The maximum absolute atomic E-state index is 12.7. The molecule has 0 saturated carbocycles. The monoisotopic (exact) mass is 301 g/mol. The Balaban J connectivity index is 1.98. The van der Waals surface area contributed by atoms with E-state index in [4.69, 9.17) is 0 Å². The third kappa shape index (κ3) is 2.45. The Morgan fingerprint density at radius 3 is 2.57 bits per heavy atom. The molecule has 2 heterocycles. The van der Waals surface area contributed by atoms with E-state index in [-0.39, 0.29) is 5.91 Å². The first kappa shape index (κ1) is 13.8. The predicted octanol–water partition coefficient (Wildman–Crippen LogP) is 2.71. The van der Waals surface area contributed by atoms with Crippen LogP contribution in [0, 0.1) is 6.92 Å². The Bertz CT molecular complexity index is 707. The average molecular weight is 301 g/mol. The van der Waals surface area contributed by atoms with E-state index in [1.165, 1.54) is 16.2 Å². The van der Waals surface area contributed by atoms with Gasteiger partial charge in [-0.25, -0.2) is 4.79 Å². The normalized spacial score (nSPS) is 17.4. The quantitative estimate of drug-likeness (QED) is 0.928. The zero-order valence-electron chi connectivity index (χ0n) is 11.6. The number of amides is 1. The molecule has 1 aromatic carbocycles. The number of hydrogen-bond donors (Lipinski definition) is 1. The molecule has 21 heavy (non-hydrogen) atoms. The highest BCUT2D eigenvalue weighted by atomic mass is 32.1. The number of aliphatic carboxylic acids is 1. The zero-order chi connectivity index (χ0) is 15.0. The van der Waals surface area contributed by atoms with Crippen molar-refractivity contribution in [3.63, 3.8) is 0 Å². The van der Waals surface area contributed by atoms with Crippen molar-refractivity contribution in [3.05, 3.63) is 57.3 Å². The number of carboxylic acid groups (broad SMARTS) is 1. The fourth-order valence-corrected chi connectivity index (χ4v) is 3.51. The summed E-state index contributed by atoms with van der Waals surface area (Å²) >= 11 is 1.46. The van der Waals surface area contributed by atoms with Crippen molar-refractivity contribution in [2.45, 2.75) is 25.9 Å². The van der Waals surface area contributed by atoms with Gasteiger partial charge in [0, 0.05) is 18.3 Å². The van der Waals surface area contributed by atoms with E-state index in [1.807, 2.05) is 36.6 Å². The van der Waals surface area contributed by atoms with Crippen molar-refractivity contribution in [2.24, 2.45) is 0 Å². The largest absolute Gasteiger partial charge is 0.480 e. The number of carboxylic acids is 1. The molecule has 0 radical (unpaired) electrons. The smallest absolute Gasteiger partial charge is 0.326 e. The molecule has 5 heteroatoms. The molecule has 108 valence electrons. The number of aryl methyl sites for hydroxylation is 1. The summed E-state index contributed by atoms with van der Waals surface area (Å²) in [6, 6.07) is 6.90. The molecule has 2 aromatic rings. The van der Waals surface area contributed by atoms with E-state index in [1.54, 1.807) is 5.38 Å². The Morgan fingerprint density at radius 2 is 1.95 bits per heavy atom. The first-order chi connectivity index (χ1) is 10.1. The standard InChI is InChI=1S/C16H15NO3S/c1-10-8-21-9-13(10)15(18)17-7-12-5-3-2-4-11(12)6-14(17)16(19)20/h2-5,8-9,14H,6-7H2,1H3,(H,19,20). The van der Waals surface area contributed by atoms with Crippen molar-refractivity contribution < 1.29 is 14.7 Å². The van der Waals surface area contributed by atoms with Crippen LogP contribution in [-0.2, 0) is 17.8 Å². The second kappa shape index (κ2) is 5.33. The van der Waals surface area contributed by atoms with E-state index >= 15 is 0 Å². The summed E-state index contributed by atoms with van der Waals surface area (Å²) in [5.74, 6) is -1.15. The summed E-state index contributed by atoms with van der Waals surface area (Å²) in [7, 11) is 0. The van der Waals surface area contributed by atoms with Gasteiger partial charge in [0.25, 0.3) is 5.91 Å². The fourth-order valence-electron chi connectivity index (χ4n) is 2.69. The average Bonchev–Trinajstić information content (AvgIpc) is 2.91. The lowest BCUT2D eigenvalue weighted by Crippen LogP contribution is -2.48. The molecule has 1 N–H and O–H groups in total. The summed E-state index contributed by atoms with van der Waals surface area (Å²) < 4.78 is 0. The summed E-state index contributed by atoms with van der Waals surface area (Å²) in [5.41, 5.74) is 3.53. The lowest BCUT2D eigenvalue weighted by molar-refractivity contribution is -0.142.